The van der Waals surface area contributed by atoms with Crippen molar-refractivity contribution in [3.63, 3.8) is 0 Å². The summed E-state index contributed by atoms with van der Waals surface area (Å²) in [4.78, 5) is 2.33. The third kappa shape index (κ3) is 2.16. The highest BCUT2D eigenvalue weighted by molar-refractivity contribution is 5.41. The maximum absolute atomic E-state index is 13.0. The van der Waals surface area contributed by atoms with Crippen LogP contribution in [-0.2, 0) is 18.9 Å². The summed E-state index contributed by atoms with van der Waals surface area (Å²) in [6.45, 7) is 3.59. The standard InChI is InChI=1S/C25H41NO7/c1-6-26-11-22(12-27)8-7-16(31-3)24-14-9-13-15(30-2)10-23(28,17(14)18(13)32-4)25(29,21(24)26)20(33-5)19(22)24/h13-21,27-29H,6-12H2,1-5H3/t13-,14-,15+,16+,17-,18+,19-,20+,21+,22+,23-,24+,25?/m1/s1. The second-order valence-corrected chi connectivity index (χ2v) is 11.8. The Hall–Kier alpha value is -0.320. The maximum Gasteiger partial charge on any atom is 0.136 e. The summed E-state index contributed by atoms with van der Waals surface area (Å²) < 4.78 is 24.5. The number of nitrogens with zero attached hydrogens (tertiary/aromatic N) is 1. The molecule has 3 N–H and O–H groups in total. The van der Waals surface area contributed by atoms with E-state index < -0.39 is 28.1 Å². The second kappa shape index (κ2) is 7.13. The number of hydrogen-bond donors (Lipinski definition) is 3. The molecule has 0 aromatic rings. The van der Waals surface area contributed by atoms with Gasteiger partial charge in [0.2, 0.25) is 0 Å². The molecule has 8 nitrogen and oxygen atoms in total. The summed E-state index contributed by atoms with van der Waals surface area (Å²) in [7, 11) is 6.85. The zero-order chi connectivity index (χ0) is 23.6. The van der Waals surface area contributed by atoms with Crippen LogP contribution >= 0.6 is 0 Å². The van der Waals surface area contributed by atoms with Crippen molar-refractivity contribution >= 4 is 0 Å². The molecule has 13 atom stereocenters. The fourth-order valence-corrected chi connectivity index (χ4v) is 11.0. The molecule has 7 bridgehead atoms. The molecule has 0 aromatic heterocycles. The van der Waals surface area contributed by atoms with Crippen LogP contribution in [0.5, 0.6) is 0 Å². The highest BCUT2D eigenvalue weighted by Crippen LogP contribution is 2.80. The van der Waals surface area contributed by atoms with Crippen LogP contribution < -0.4 is 0 Å². The molecule has 0 amide bonds. The number of likely N-dealkylation sites (N-methyl/N-ethyl adjacent to an activating group) is 1. The lowest BCUT2D eigenvalue weighted by atomic mass is 9.42. The van der Waals surface area contributed by atoms with Gasteiger partial charge in [-0.2, -0.15) is 0 Å². The van der Waals surface area contributed by atoms with Gasteiger partial charge in [0.05, 0.1) is 37.1 Å². The van der Waals surface area contributed by atoms with E-state index in [1.165, 1.54) is 0 Å². The summed E-state index contributed by atoms with van der Waals surface area (Å²) in [5, 5.41) is 36.6. The maximum atomic E-state index is 13.0. The van der Waals surface area contributed by atoms with Crippen LogP contribution in [0.3, 0.4) is 0 Å². The Labute approximate surface area is 196 Å². The molecule has 1 heterocycles. The highest BCUT2D eigenvalue weighted by Gasteiger charge is 2.91. The predicted octanol–water partition coefficient (Wildman–Crippen LogP) is 0.271. The number of hydrogen-bond acceptors (Lipinski definition) is 8. The van der Waals surface area contributed by atoms with Gasteiger partial charge in [-0.15, -0.1) is 0 Å². The Balaban J connectivity index is 1.68. The Kier molecular flexibility index (Phi) is 4.99. The van der Waals surface area contributed by atoms with Gasteiger partial charge in [-0.05, 0) is 31.7 Å². The Morgan fingerprint density at radius 1 is 1.03 bits per heavy atom. The molecule has 1 saturated heterocycles. The molecule has 6 rings (SSSR count). The van der Waals surface area contributed by atoms with Crippen molar-refractivity contribution in [1.29, 1.82) is 0 Å². The summed E-state index contributed by atoms with van der Waals surface area (Å²) >= 11 is 0. The molecule has 33 heavy (non-hydrogen) atoms. The van der Waals surface area contributed by atoms with Crippen LogP contribution in [-0.4, -0.2) is 110 Å². The number of aliphatic hydroxyl groups excluding tert-OH is 1. The predicted molar refractivity (Wildman–Crippen MR) is 119 cm³/mol. The van der Waals surface area contributed by atoms with E-state index in [0.29, 0.717) is 13.0 Å². The van der Waals surface area contributed by atoms with Crippen LogP contribution in [0, 0.1) is 34.5 Å². The van der Waals surface area contributed by atoms with Gasteiger partial charge in [-0.3, -0.25) is 4.90 Å². The fourth-order valence-electron chi connectivity index (χ4n) is 11.0. The fraction of sp³-hybridized carbons (Fsp3) is 1.00. The van der Waals surface area contributed by atoms with E-state index in [1.807, 2.05) is 0 Å². The molecule has 0 radical (unpaired) electrons. The van der Waals surface area contributed by atoms with E-state index in [9.17, 15) is 15.3 Å². The minimum atomic E-state index is -1.52. The van der Waals surface area contributed by atoms with Gasteiger partial charge in [0.25, 0.3) is 0 Å². The van der Waals surface area contributed by atoms with Crippen LogP contribution in [0.25, 0.3) is 0 Å². The molecule has 188 valence electrons. The van der Waals surface area contributed by atoms with Crippen molar-refractivity contribution in [2.24, 2.45) is 34.5 Å². The first-order valence-corrected chi connectivity index (χ1v) is 12.7. The van der Waals surface area contributed by atoms with Gasteiger partial charge in [0.1, 0.15) is 11.2 Å². The van der Waals surface area contributed by atoms with Crippen LogP contribution in [0.1, 0.15) is 32.6 Å². The van der Waals surface area contributed by atoms with Crippen molar-refractivity contribution in [2.75, 3.05) is 48.1 Å². The molecule has 5 aliphatic carbocycles. The van der Waals surface area contributed by atoms with Crippen molar-refractivity contribution < 1.29 is 34.3 Å². The number of ether oxygens (including phenoxy) is 4. The molecule has 1 aliphatic heterocycles. The number of methoxy groups -OCH3 is 4. The van der Waals surface area contributed by atoms with Gasteiger partial charge >= 0.3 is 0 Å². The minimum Gasteiger partial charge on any atom is -0.396 e. The summed E-state index contributed by atoms with van der Waals surface area (Å²) in [6.07, 6.45) is 1.81. The highest BCUT2D eigenvalue weighted by atomic mass is 16.5. The van der Waals surface area contributed by atoms with E-state index in [4.69, 9.17) is 18.9 Å². The van der Waals surface area contributed by atoms with Gasteiger partial charge in [0.15, 0.2) is 0 Å². The molecule has 6 fully saturated rings. The average Bonchev–Trinajstić information content (AvgIpc) is 3.24. The average molecular weight is 468 g/mol. The summed E-state index contributed by atoms with van der Waals surface area (Å²) in [5.41, 5.74) is -3.78. The zero-order valence-corrected chi connectivity index (χ0v) is 20.6. The lowest BCUT2D eigenvalue weighted by molar-refractivity contribution is -0.320. The first kappa shape index (κ1) is 23.1. The van der Waals surface area contributed by atoms with Crippen molar-refractivity contribution in [2.45, 2.75) is 74.3 Å². The lowest BCUT2D eigenvalue weighted by Gasteiger charge is -2.70. The largest absolute Gasteiger partial charge is 0.396 e. The molecule has 0 aromatic carbocycles. The van der Waals surface area contributed by atoms with Crippen molar-refractivity contribution in [3.8, 4) is 0 Å². The van der Waals surface area contributed by atoms with E-state index in [-0.39, 0.29) is 54.6 Å². The summed E-state index contributed by atoms with van der Waals surface area (Å²) in [6, 6.07) is -0.312. The normalized spacial score (nSPS) is 60.9. The molecule has 5 saturated carbocycles. The first-order valence-electron chi connectivity index (χ1n) is 12.7. The van der Waals surface area contributed by atoms with Gasteiger partial charge in [0, 0.05) is 70.0 Å². The number of rotatable bonds is 6. The van der Waals surface area contributed by atoms with E-state index in [2.05, 4.69) is 11.8 Å². The topological polar surface area (TPSA) is 101 Å². The Bertz CT molecular complexity index is 814. The molecule has 1 spiro atoms. The van der Waals surface area contributed by atoms with Gasteiger partial charge in [-0.1, -0.05) is 6.92 Å². The molecular weight excluding hydrogens is 426 g/mol. The Morgan fingerprint density at radius 2 is 1.79 bits per heavy atom. The quantitative estimate of drug-likeness (QED) is 0.512. The third-order valence-corrected chi connectivity index (χ3v) is 11.6. The zero-order valence-electron chi connectivity index (χ0n) is 20.6. The lowest BCUT2D eigenvalue weighted by Crippen LogP contribution is -2.82. The van der Waals surface area contributed by atoms with Crippen LogP contribution in [0.4, 0.5) is 0 Å². The molecule has 6 aliphatic rings. The third-order valence-electron chi connectivity index (χ3n) is 11.6. The number of fused-ring (bicyclic) bond motifs is 2. The van der Waals surface area contributed by atoms with Gasteiger partial charge < -0.3 is 34.3 Å². The van der Waals surface area contributed by atoms with E-state index in [0.717, 1.165) is 25.8 Å². The van der Waals surface area contributed by atoms with Gasteiger partial charge in [-0.25, -0.2) is 0 Å². The van der Waals surface area contributed by atoms with E-state index >= 15 is 0 Å². The smallest absolute Gasteiger partial charge is 0.136 e. The Morgan fingerprint density at radius 3 is 2.36 bits per heavy atom. The number of aliphatic hydroxyl groups is 3. The molecular formula is C25H41NO7. The van der Waals surface area contributed by atoms with Crippen molar-refractivity contribution in [3.05, 3.63) is 0 Å². The number of likely N-dealkylation sites (tertiary alicyclic amines) is 1. The van der Waals surface area contributed by atoms with Crippen LogP contribution in [0.15, 0.2) is 0 Å². The van der Waals surface area contributed by atoms with Crippen LogP contribution in [0.2, 0.25) is 0 Å². The SMILES string of the molecule is CCN1C[C@]2(CO)CC[C@H](OC)[C@]34[C@@H]5C[C@H]6[C@H](OC)[C@@H]5[C@](O)(C[C@@H]6OC)C(O)([C@@H]13)[C@@H](OC)[C@H]24. The van der Waals surface area contributed by atoms with E-state index in [1.54, 1.807) is 28.4 Å². The number of piperidine rings is 1. The molecule has 1 unspecified atom stereocenters. The molecule has 8 heteroatoms. The summed E-state index contributed by atoms with van der Waals surface area (Å²) in [5.74, 6) is -0.0916. The second-order valence-electron chi connectivity index (χ2n) is 11.8. The van der Waals surface area contributed by atoms with Crippen molar-refractivity contribution in [1.82, 2.24) is 4.90 Å². The minimum absolute atomic E-state index is 0.0443. The first-order chi connectivity index (χ1) is 15.8. The monoisotopic (exact) mass is 467 g/mol.